The molecule has 0 aliphatic rings. The molecule has 7 nitrogen and oxygen atoms in total. The zero-order chi connectivity index (χ0) is 18.3. The van der Waals surface area contributed by atoms with E-state index in [9.17, 15) is 0 Å². The quantitative estimate of drug-likeness (QED) is 0.196. The fourth-order valence-corrected chi connectivity index (χ4v) is 2.26. The van der Waals surface area contributed by atoms with E-state index >= 15 is 0 Å². The second-order valence-electron chi connectivity index (χ2n) is 6.32. The van der Waals surface area contributed by atoms with E-state index in [0.717, 1.165) is 37.8 Å². The van der Waals surface area contributed by atoms with Gasteiger partial charge in [0.05, 0.1) is 26.4 Å². The summed E-state index contributed by atoms with van der Waals surface area (Å²) in [5.41, 5.74) is 0. The zero-order valence-corrected chi connectivity index (χ0v) is 19.0. The maximum Gasteiger partial charge on any atom is 0.191 e. The summed E-state index contributed by atoms with van der Waals surface area (Å²) in [6.45, 7) is 11.6. The first-order valence-electron chi connectivity index (χ1n) is 9.27. The van der Waals surface area contributed by atoms with Crippen LogP contribution in [-0.2, 0) is 22.6 Å². The molecule has 0 bridgehead atoms. The minimum atomic E-state index is 0. The molecular weight excluding hydrogens is 445 g/mol. The molecule has 0 aliphatic carbocycles. The highest BCUT2D eigenvalue weighted by molar-refractivity contribution is 14.0. The van der Waals surface area contributed by atoms with Crippen molar-refractivity contribution in [1.82, 2.24) is 20.2 Å². The number of nitrogens with one attached hydrogen (secondary N) is 2. The highest BCUT2D eigenvalue weighted by Crippen LogP contribution is 2.03. The van der Waals surface area contributed by atoms with Crippen LogP contribution in [0.2, 0.25) is 0 Å². The predicted molar refractivity (Wildman–Crippen MR) is 117 cm³/mol. The number of hydrogen-bond donors (Lipinski definition) is 2. The molecule has 8 heteroatoms. The van der Waals surface area contributed by atoms with Crippen molar-refractivity contribution in [2.45, 2.75) is 46.7 Å². The highest BCUT2D eigenvalue weighted by atomic mass is 127. The van der Waals surface area contributed by atoms with E-state index in [1.54, 1.807) is 7.05 Å². The molecule has 2 N–H and O–H groups in total. The van der Waals surface area contributed by atoms with E-state index in [2.05, 4.69) is 45.9 Å². The van der Waals surface area contributed by atoms with E-state index in [0.29, 0.717) is 38.8 Å². The van der Waals surface area contributed by atoms with Crippen molar-refractivity contribution in [1.29, 1.82) is 0 Å². The lowest BCUT2D eigenvalue weighted by Gasteiger charge is -2.14. The fourth-order valence-electron chi connectivity index (χ4n) is 2.26. The predicted octanol–water partition coefficient (Wildman–Crippen LogP) is 2.66. The largest absolute Gasteiger partial charge is 0.379 e. The summed E-state index contributed by atoms with van der Waals surface area (Å²) in [7, 11) is 1.76. The average molecular weight is 481 g/mol. The lowest BCUT2D eigenvalue weighted by atomic mass is 10.2. The molecule has 0 fully saturated rings. The number of ether oxygens (including phenoxy) is 2. The van der Waals surface area contributed by atoms with Crippen LogP contribution in [0.1, 0.15) is 39.4 Å². The molecule has 152 valence electrons. The molecule has 1 aromatic rings. The third-order valence-corrected chi connectivity index (χ3v) is 3.55. The van der Waals surface area contributed by atoms with Crippen LogP contribution in [0.3, 0.4) is 0 Å². The monoisotopic (exact) mass is 481 g/mol. The topological polar surface area (TPSA) is 72.7 Å². The summed E-state index contributed by atoms with van der Waals surface area (Å²) in [6.07, 6.45) is 6.13. The molecule has 26 heavy (non-hydrogen) atoms. The van der Waals surface area contributed by atoms with Crippen LogP contribution in [0.25, 0.3) is 0 Å². The second kappa shape index (κ2) is 16.3. The summed E-state index contributed by atoms with van der Waals surface area (Å²) >= 11 is 0. The zero-order valence-electron chi connectivity index (χ0n) is 16.7. The lowest BCUT2D eigenvalue weighted by molar-refractivity contribution is 0.0487. The van der Waals surface area contributed by atoms with Gasteiger partial charge in [0.1, 0.15) is 5.82 Å². The molecule has 0 amide bonds. The van der Waals surface area contributed by atoms with Gasteiger partial charge in [0.25, 0.3) is 0 Å². The molecule has 0 spiro atoms. The minimum Gasteiger partial charge on any atom is -0.379 e. The van der Waals surface area contributed by atoms with E-state index < -0.39 is 0 Å². The summed E-state index contributed by atoms with van der Waals surface area (Å²) in [5, 5.41) is 6.53. The second-order valence-corrected chi connectivity index (χ2v) is 6.32. The molecular formula is C18H36IN5O2. The van der Waals surface area contributed by atoms with Gasteiger partial charge in [-0.1, -0.05) is 27.2 Å². The first-order valence-corrected chi connectivity index (χ1v) is 9.27. The Morgan fingerprint density at radius 1 is 1.19 bits per heavy atom. The highest BCUT2D eigenvalue weighted by Gasteiger charge is 2.05. The van der Waals surface area contributed by atoms with Gasteiger partial charge in [-0.3, -0.25) is 4.99 Å². The summed E-state index contributed by atoms with van der Waals surface area (Å²) < 4.78 is 13.2. The Morgan fingerprint density at radius 2 is 1.92 bits per heavy atom. The molecule has 1 rings (SSSR count). The molecule has 0 saturated carbocycles. The number of aromatic nitrogens is 2. The average Bonchev–Trinajstić information content (AvgIpc) is 3.02. The van der Waals surface area contributed by atoms with Crippen molar-refractivity contribution < 1.29 is 9.47 Å². The number of aliphatic imine (C=N–C) groups is 1. The number of unbranched alkanes of at least 4 members (excludes halogenated alkanes) is 1. The van der Waals surface area contributed by atoms with Gasteiger partial charge in [-0.15, -0.1) is 24.0 Å². The van der Waals surface area contributed by atoms with Gasteiger partial charge in [0, 0.05) is 39.1 Å². The van der Waals surface area contributed by atoms with Crippen molar-refractivity contribution in [2.24, 2.45) is 10.9 Å². The Morgan fingerprint density at radius 3 is 2.58 bits per heavy atom. The Hall–Kier alpha value is -0.870. The first kappa shape index (κ1) is 25.1. The van der Waals surface area contributed by atoms with Crippen LogP contribution in [0.4, 0.5) is 0 Å². The summed E-state index contributed by atoms with van der Waals surface area (Å²) in [5.74, 6) is 2.35. The third kappa shape index (κ3) is 11.7. The van der Waals surface area contributed by atoms with Crippen molar-refractivity contribution in [3.8, 4) is 0 Å². The standard InChI is InChI=1S/C18H35N5O2.HI/c1-5-6-10-24-12-13-25-11-8-21-18(19-4)22-14-17-20-7-9-23(17)15-16(2)3;/h7,9,16H,5-6,8,10-15H2,1-4H3,(H2,19,21,22);1H. The van der Waals surface area contributed by atoms with E-state index in [4.69, 9.17) is 9.47 Å². The van der Waals surface area contributed by atoms with Gasteiger partial charge in [0.2, 0.25) is 0 Å². The van der Waals surface area contributed by atoms with Gasteiger partial charge in [-0.2, -0.15) is 0 Å². The number of hydrogen-bond acceptors (Lipinski definition) is 4. The SMILES string of the molecule is CCCCOCCOCCNC(=NC)NCc1nccn1CC(C)C.I. The van der Waals surface area contributed by atoms with Crippen LogP contribution in [-0.4, -0.2) is 55.5 Å². The lowest BCUT2D eigenvalue weighted by Crippen LogP contribution is -2.39. The van der Waals surface area contributed by atoms with Crippen LogP contribution in [0.15, 0.2) is 17.4 Å². The van der Waals surface area contributed by atoms with Gasteiger partial charge < -0.3 is 24.7 Å². The van der Waals surface area contributed by atoms with Gasteiger partial charge >= 0.3 is 0 Å². The first-order chi connectivity index (χ1) is 12.2. The van der Waals surface area contributed by atoms with Crippen LogP contribution in [0.5, 0.6) is 0 Å². The molecule has 1 aromatic heterocycles. The normalized spacial score (nSPS) is 11.5. The molecule has 0 radical (unpaired) electrons. The van der Waals surface area contributed by atoms with Crippen molar-refractivity contribution >= 4 is 29.9 Å². The van der Waals surface area contributed by atoms with E-state index in [-0.39, 0.29) is 24.0 Å². The van der Waals surface area contributed by atoms with E-state index in [1.807, 2.05) is 12.4 Å². The van der Waals surface area contributed by atoms with Crippen LogP contribution in [0, 0.1) is 5.92 Å². The van der Waals surface area contributed by atoms with Gasteiger partial charge in [-0.25, -0.2) is 4.98 Å². The molecule has 1 heterocycles. The Labute approximate surface area is 175 Å². The van der Waals surface area contributed by atoms with Crippen molar-refractivity contribution in [2.75, 3.05) is 40.0 Å². The van der Waals surface area contributed by atoms with Crippen molar-refractivity contribution in [3.63, 3.8) is 0 Å². The Kier molecular flexibility index (Phi) is 15.8. The van der Waals surface area contributed by atoms with Gasteiger partial charge in [-0.05, 0) is 12.3 Å². The number of guanidine groups is 1. The summed E-state index contributed by atoms with van der Waals surface area (Å²) in [6, 6.07) is 0. The molecule has 0 atom stereocenters. The maximum absolute atomic E-state index is 5.54. The molecule has 0 aromatic carbocycles. The number of rotatable bonds is 13. The van der Waals surface area contributed by atoms with Crippen LogP contribution < -0.4 is 10.6 Å². The molecule has 0 aliphatic heterocycles. The molecule has 0 unspecified atom stereocenters. The smallest absolute Gasteiger partial charge is 0.191 e. The van der Waals surface area contributed by atoms with Crippen molar-refractivity contribution in [3.05, 3.63) is 18.2 Å². The molecule has 0 saturated heterocycles. The van der Waals surface area contributed by atoms with E-state index in [1.165, 1.54) is 0 Å². The van der Waals surface area contributed by atoms with Crippen LogP contribution >= 0.6 is 24.0 Å². The van der Waals surface area contributed by atoms with Gasteiger partial charge in [0.15, 0.2) is 5.96 Å². The number of nitrogens with zero attached hydrogens (tertiary/aromatic N) is 3. The third-order valence-electron chi connectivity index (χ3n) is 3.55. The minimum absolute atomic E-state index is 0. The Bertz CT molecular complexity index is 480. The Balaban J connectivity index is 0.00000625. The number of imidazole rings is 1. The maximum atomic E-state index is 5.54. The summed E-state index contributed by atoms with van der Waals surface area (Å²) in [4.78, 5) is 8.63. The number of halogens is 1. The fraction of sp³-hybridized carbons (Fsp3) is 0.778.